The zero-order chi connectivity index (χ0) is 5.58. The SMILES string of the molecule is CC.[B]C(=C)C. The molecule has 0 spiro atoms. The van der Waals surface area contributed by atoms with Gasteiger partial charge < -0.3 is 0 Å². The van der Waals surface area contributed by atoms with E-state index in [-0.39, 0.29) is 0 Å². The maximum atomic E-state index is 4.92. The first kappa shape index (κ1) is 9.26. The lowest BCUT2D eigenvalue weighted by Gasteiger charge is -1.65. The van der Waals surface area contributed by atoms with Gasteiger partial charge in [-0.15, -0.1) is 12.1 Å². The molecule has 0 aliphatic heterocycles. The topological polar surface area (TPSA) is 0 Å². The van der Waals surface area contributed by atoms with Crippen molar-refractivity contribution in [3.63, 3.8) is 0 Å². The van der Waals surface area contributed by atoms with Crippen LogP contribution in [-0.4, -0.2) is 7.85 Å². The smallest absolute Gasteiger partial charge is 0.106 e. The summed E-state index contributed by atoms with van der Waals surface area (Å²) in [6.45, 7) is 9.08. The third-order valence-electron chi connectivity index (χ3n) is 0. The Labute approximate surface area is 41.7 Å². The lowest BCUT2D eigenvalue weighted by atomic mass is 10.0. The Balaban J connectivity index is 0. The standard InChI is InChI=1S/C3H5B.C2H6/c1-3(2)4;1-2/h1H2,2H3;1-2H3. The summed E-state index contributed by atoms with van der Waals surface area (Å²) < 4.78 is 0. The molecule has 0 nitrogen and oxygen atoms in total. The maximum absolute atomic E-state index is 4.92. The minimum atomic E-state index is 0.667. The van der Waals surface area contributed by atoms with Gasteiger partial charge in [-0.3, -0.25) is 0 Å². The van der Waals surface area contributed by atoms with Crippen molar-refractivity contribution in [3.8, 4) is 0 Å². The number of hydrogen-bond acceptors (Lipinski definition) is 0. The molecule has 0 saturated carbocycles. The molecule has 2 radical (unpaired) electrons. The van der Waals surface area contributed by atoms with Crippen LogP contribution in [0.4, 0.5) is 0 Å². The Morgan fingerprint density at radius 1 is 1.50 bits per heavy atom. The van der Waals surface area contributed by atoms with E-state index in [1.165, 1.54) is 0 Å². The van der Waals surface area contributed by atoms with Crippen LogP contribution in [0.15, 0.2) is 12.1 Å². The van der Waals surface area contributed by atoms with Crippen LogP contribution >= 0.6 is 0 Å². The van der Waals surface area contributed by atoms with Gasteiger partial charge in [0.1, 0.15) is 7.85 Å². The van der Waals surface area contributed by atoms with Crippen LogP contribution < -0.4 is 0 Å². The molecular weight excluding hydrogens is 70.9 g/mol. The normalized spacial score (nSPS) is 5.17. The highest BCUT2D eigenvalue weighted by Crippen LogP contribution is 1.65. The number of rotatable bonds is 0. The van der Waals surface area contributed by atoms with Gasteiger partial charge in [0, 0.05) is 0 Å². The zero-order valence-corrected chi connectivity index (χ0v) is 4.78. The van der Waals surface area contributed by atoms with Crippen molar-refractivity contribution in [2.24, 2.45) is 0 Å². The van der Waals surface area contributed by atoms with E-state index in [0.717, 1.165) is 0 Å². The second-order valence-corrected chi connectivity index (χ2v) is 0.846. The van der Waals surface area contributed by atoms with Crippen LogP contribution in [-0.2, 0) is 0 Å². The predicted octanol–water partition coefficient (Wildman–Crippen LogP) is 1.71. The fraction of sp³-hybridized carbons (Fsp3) is 0.600. The molecule has 6 heavy (non-hydrogen) atoms. The molecule has 0 aromatic heterocycles. The fourth-order valence-electron chi connectivity index (χ4n) is 0. The largest absolute Gasteiger partial charge is 0.128 e. The van der Waals surface area contributed by atoms with Crippen LogP contribution in [0.5, 0.6) is 0 Å². The lowest BCUT2D eigenvalue weighted by Crippen LogP contribution is -1.56. The second-order valence-electron chi connectivity index (χ2n) is 0.846. The minimum absolute atomic E-state index is 0.667. The molecule has 0 aromatic carbocycles. The molecule has 1 heteroatoms. The van der Waals surface area contributed by atoms with Gasteiger partial charge in [0.05, 0.1) is 0 Å². The summed E-state index contributed by atoms with van der Waals surface area (Å²) in [5.74, 6) is 0. The summed E-state index contributed by atoms with van der Waals surface area (Å²) in [7, 11) is 4.92. The number of allylic oxidation sites excluding steroid dienone is 1. The van der Waals surface area contributed by atoms with Gasteiger partial charge in [0.15, 0.2) is 0 Å². The van der Waals surface area contributed by atoms with E-state index in [4.69, 9.17) is 7.85 Å². The van der Waals surface area contributed by atoms with Crippen LogP contribution in [0.25, 0.3) is 0 Å². The Morgan fingerprint density at radius 3 is 1.50 bits per heavy atom. The van der Waals surface area contributed by atoms with Gasteiger partial charge >= 0.3 is 0 Å². The van der Waals surface area contributed by atoms with Gasteiger partial charge in [0.2, 0.25) is 0 Å². The third kappa shape index (κ3) is 787. The second kappa shape index (κ2) is 8.84. The molecule has 0 aliphatic rings. The molecule has 0 aromatic rings. The van der Waals surface area contributed by atoms with E-state index in [1.54, 1.807) is 6.92 Å². The van der Waals surface area contributed by atoms with Gasteiger partial charge in [-0.2, -0.15) is 0 Å². The van der Waals surface area contributed by atoms with Gasteiger partial charge in [-0.25, -0.2) is 0 Å². The molecule has 0 heterocycles. The van der Waals surface area contributed by atoms with Crippen LogP contribution in [0.3, 0.4) is 0 Å². The predicted molar refractivity (Wildman–Crippen MR) is 31.9 cm³/mol. The first-order chi connectivity index (χ1) is 2.73. The summed E-state index contributed by atoms with van der Waals surface area (Å²) in [5, 5.41) is 0. The van der Waals surface area contributed by atoms with E-state index in [1.807, 2.05) is 13.8 Å². The molecule has 0 N–H and O–H groups in total. The van der Waals surface area contributed by atoms with E-state index < -0.39 is 0 Å². The quantitative estimate of drug-likeness (QED) is 0.390. The summed E-state index contributed by atoms with van der Waals surface area (Å²) in [6.07, 6.45) is 0. The van der Waals surface area contributed by atoms with Gasteiger partial charge in [-0.05, 0) is 0 Å². The van der Waals surface area contributed by atoms with Crippen molar-refractivity contribution < 1.29 is 0 Å². The Bertz CT molecular complexity index is 26.9. The van der Waals surface area contributed by atoms with E-state index in [2.05, 4.69) is 6.58 Å². The monoisotopic (exact) mass is 82.1 g/mol. The molecule has 0 saturated heterocycles. The molecule has 0 amide bonds. The molecule has 0 bridgehead atoms. The van der Waals surface area contributed by atoms with Crippen LogP contribution in [0.2, 0.25) is 0 Å². The summed E-state index contributed by atoms with van der Waals surface area (Å²) in [4.78, 5) is 0. The molecule has 34 valence electrons. The summed E-state index contributed by atoms with van der Waals surface area (Å²) >= 11 is 0. The van der Waals surface area contributed by atoms with Crippen molar-refractivity contribution in [2.75, 3.05) is 0 Å². The highest BCUT2D eigenvalue weighted by atomic mass is 13.4. The van der Waals surface area contributed by atoms with E-state index in [9.17, 15) is 0 Å². The van der Waals surface area contributed by atoms with Crippen LogP contribution in [0, 0.1) is 0 Å². The summed E-state index contributed by atoms with van der Waals surface area (Å²) in [6, 6.07) is 0. The Morgan fingerprint density at radius 2 is 1.50 bits per heavy atom. The third-order valence-corrected chi connectivity index (χ3v) is 0. The fourth-order valence-corrected chi connectivity index (χ4v) is 0. The van der Waals surface area contributed by atoms with Crippen molar-refractivity contribution in [1.29, 1.82) is 0 Å². The lowest BCUT2D eigenvalue weighted by molar-refractivity contribution is 1.50. The first-order valence-corrected chi connectivity index (χ1v) is 2.14. The van der Waals surface area contributed by atoms with Gasteiger partial charge in [-0.1, -0.05) is 20.8 Å². The molecule has 0 fully saturated rings. The average molecular weight is 82.0 g/mol. The van der Waals surface area contributed by atoms with Gasteiger partial charge in [0.25, 0.3) is 0 Å². The molecular formula is C5H11B. The highest BCUT2D eigenvalue weighted by molar-refractivity contribution is 6.20. The average Bonchev–Trinajstić information content (AvgIpc) is 1.41. The molecule has 0 atom stereocenters. The minimum Gasteiger partial charge on any atom is -0.128 e. The van der Waals surface area contributed by atoms with Crippen molar-refractivity contribution in [1.82, 2.24) is 0 Å². The Hall–Kier alpha value is -0.195. The first-order valence-electron chi connectivity index (χ1n) is 2.14. The highest BCUT2D eigenvalue weighted by Gasteiger charge is 1.52. The zero-order valence-electron chi connectivity index (χ0n) is 4.78. The van der Waals surface area contributed by atoms with E-state index in [0.29, 0.717) is 5.47 Å². The Kier molecular flexibility index (Phi) is 13.6. The van der Waals surface area contributed by atoms with Crippen molar-refractivity contribution in [2.45, 2.75) is 20.8 Å². The van der Waals surface area contributed by atoms with Crippen molar-refractivity contribution >= 4 is 7.85 Å². The van der Waals surface area contributed by atoms with Crippen LogP contribution in [0.1, 0.15) is 20.8 Å². The van der Waals surface area contributed by atoms with E-state index >= 15 is 0 Å². The maximum Gasteiger partial charge on any atom is 0.106 e. The summed E-state index contributed by atoms with van der Waals surface area (Å²) in [5.41, 5.74) is 0.667. The molecule has 0 aliphatic carbocycles. The van der Waals surface area contributed by atoms with Crippen molar-refractivity contribution in [3.05, 3.63) is 12.1 Å². The number of hydrogen-bond donors (Lipinski definition) is 0. The molecule has 0 rings (SSSR count). The molecule has 0 unspecified atom stereocenters.